The molecule has 0 aromatic rings. The molecule has 1 rings (SSSR count). The molecule has 0 saturated carbocycles. The Kier molecular flexibility index (Phi) is 2.54. The molecule has 0 atom stereocenters. The van der Waals surface area contributed by atoms with Crippen LogP contribution in [0.25, 0.3) is 0 Å². The summed E-state index contributed by atoms with van der Waals surface area (Å²) < 4.78 is 0. The summed E-state index contributed by atoms with van der Waals surface area (Å²) in [5.41, 5.74) is 5.55. The highest BCUT2D eigenvalue weighted by Crippen LogP contribution is 1.96. The third-order valence-corrected chi connectivity index (χ3v) is 1.58. The number of hydrazine groups is 1. The Hall–Kier alpha value is -0.810. The molecule has 0 fully saturated rings. The number of nitrogens with two attached hydrogens (primary N) is 2. The number of rotatable bonds is 2. The molecule has 0 saturated heterocycles. The van der Waals surface area contributed by atoms with Gasteiger partial charge < -0.3 is 11.1 Å². The lowest BCUT2D eigenvalue weighted by atomic mass is 10.1. The van der Waals surface area contributed by atoms with Crippen LogP contribution in [0.2, 0.25) is 0 Å². The van der Waals surface area contributed by atoms with Gasteiger partial charge in [0.1, 0.15) is 0 Å². The van der Waals surface area contributed by atoms with Crippen molar-refractivity contribution in [1.29, 1.82) is 0 Å². The fourth-order valence-electron chi connectivity index (χ4n) is 0.925. The molecule has 1 aliphatic rings. The Morgan fingerprint density at radius 2 is 2.33 bits per heavy atom. The van der Waals surface area contributed by atoms with Crippen LogP contribution in [0.5, 0.6) is 0 Å². The van der Waals surface area contributed by atoms with Crippen molar-refractivity contribution < 1.29 is 0 Å². The normalized spacial score (nSPS) is 18.0. The standard InChI is InChI=1S/C7H17N5/c1-7(2,8)5-11-6-10-3-4-12(6)9/h3-5,8-9H2,1-2H3,(H,10,11). The Morgan fingerprint density at radius 1 is 1.67 bits per heavy atom. The van der Waals surface area contributed by atoms with Gasteiger partial charge in [-0.1, -0.05) is 0 Å². The number of aliphatic imine (C=N–C) groups is 1. The van der Waals surface area contributed by atoms with Gasteiger partial charge in [-0.05, 0) is 13.8 Å². The van der Waals surface area contributed by atoms with Crippen molar-refractivity contribution in [2.24, 2.45) is 16.6 Å². The zero-order chi connectivity index (χ0) is 9.19. The van der Waals surface area contributed by atoms with Crippen LogP contribution in [0.4, 0.5) is 0 Å². The lowest BCUT2D eigenvalue weighted by molar-refractivity contribution is 0.445. The zero-order valence-electron chi connectivity index (χ0n) is 7.67. The number of guanidine groups is 1. The summed E-state index contributed by atoms with van der Waals surface area (Å²) >= 11 is 0. The Morgan fingerprint density at radius 3 is 2.75 bits per heavy atom. The van der Waals surface area contributed by atoms with E-state index in [2.05, 4.69) is 10.3 Å². The quantitative estimate of drug-likeness (QED) is 0.459. The van der Waals surface area contributed by atoms with Gasteiger partial charge in [-0.2, -0.15) is 0 Å². The van der Waals surface area contributed by atoms with Crippen molar-refractivity contribution in [3.63, 3.8) is 0 Å². The van der Waals surface area contributed by atoms with Gasteiger partial charge in [0.05, 0.1) is 13.1 Å². The molecule has 1 heterocycles. The van der Waals surface area contributed by atoms with Crippen LogP contribution < -0.4 is 16.9 Å². The molecule has 0 spiro atoms. The second-order valence-corrected chi connectivity index (χ2v) is 3.74. The van der Waals surface area contributed by atoms with Crippen LogP contribution >= 0.6 is 0 Å². The molecule has 0 unspecified atom stereocenters. The first-order valence-electron chi connectivity index (χ1n) is 4.08. The van der Waals surface area contributed by atoms with Crippen molar-refractivity contribution in [1.82, 2.24) is 10.3 Å². The summed E-state index contributed by atoms with van der Waals surface area (Å²) in [6, 6.07) is 0. The second-order valence-electron chi connectivity index (χ2n) is 3.74. The Bertz CT molecular complexity index is 181. The first-order chi connectivity index (χ1) is 5.49. The van der Waals surface area contributed by atoms with E-state index in [1.54, 1.807) is 5.01 Å². The van der Waals surface area contributed by atoms with E-state index < -0.39 is 0 Å². The van der Waals surface area contributed by atoms with Crippen LogP contribution in [0.3, 0.4) is 0 Å². The monoisotopic (exact) mass is 171 g/mol. The molecule has 5 nitrogen and oxygen atoms in total. The predicted molar refractivity (Wildman–Crippen MR) is 49.5 cm³/mol. The third-order valence-electron chi connectivity index (χ3n) is 1.58. The van der Waals surface area contributed by atoms with E-state index in [4.69, 9.17) is 11.6 Å². The molecule has 70 valence electrons. The van der Waals surface area contributed by atoms with Crippen LogP contribution in [-0.2, 0) is 0 Å². The van der Waals surface area contributed by atoms with Gasteiger partial charge in [0.25, 0.3) is 0 Å². The molecule has 12 heavy (non-hydrogen) atoms. The highest BCUT2D eigenvalue weighted by atomic mass is 15.5. The van der Waals surface area contributed by atoms with Gasteiger partial charge in [-0.25, -0.2) is 5.84 Å². The van der Waals surface area contributed by atoms with E-state index in [-0.39, 0.29) is 5.54 Å². The lowest BCUT2D eigenvalue weighted by Crippen LogP contribution is -2.50. The summed E-state index contributed by atoms with van der Waals surface area (Å²) in [6.45, 7) is 6.14. The smallest absolute Gasteiger partial charge is 0.208 e. The van der Waals surface area contributed by atoms with Crippen molar-refractivity contribution in [3.05, 3.63) is 0 Å². The fourth-order valence-corrected chi connectivity index (χ4v) is 0.925. The maximum Gasteiger partial charge on any atom is 0.208 e. The summed E-state index contributed by atoms with van der Waals surface area (Å²) in [6.07, 6.45) is 0. The summed E-state index contributed by atoms with van der Waals surface area (Å²) in [4.78, 5) is 4.17. The molecule has 0 aliphatic carbocycles. The number of nitrogens with zero attached hydrogens (tertiary/aromatic N) is 2. The minimum Gasteiger partial charge on any atom is -0.353 e. The summed E-state index contributed by atoms with van der Waals surface area (Å²) in [5.74, 6) is 6.35. The van der Waals surface area contributed by atoms with Gasteiger partial charge in [-0.15, -0.1) is 0 Å². The average Bonchev–Trinajstić information content (AvgIpc) is 2.29. The van der Waals surface area contributed by atoms with E-state index in [9.17, 15) is 0 Å². The van der Waals surface area contributed by atoms with E-state index in [0.29, 0.717) is 6.54 Å². The van der Waals surface area contributed by atoms with Crippen molar-refractivity contribution in [3.8, 4) is 0 Å². The van der Waals surface area contributed by atoms with E-state index in [0.717, 1.165) is 19.0 Å². The molecular weight excluding hydrogens is 154 g/mol. The van der Waals surface area contributed by atoms with Crippen LogP contribution in [-0.4, -0.2) is 36.1 Å². The molecule has 5 heteroatoms. The number of nitrogens with one attached hydrogen (secondary N) is 1. The molecule has 0 aromatic heterocycles. The Labute approximate surface area is 72.8 Å². The third kappa shape index (κ3) is 2.67. The number of hydrogen-bond donors (Lipinski definition) is 3. The van der Waals surface area contributed by atoms with E-state index >= 15 is 0 Å². The minimum absolute atomic E-state index is 0.230. The molecule has 0 amide bonds. The zero-order valence-corrected chi connectivity index (χ0v) is 7.67. The SMILES string of the molecule is CC(C)(N)CNC1=NCCN1N. The highest BCUT2D eigenvalue weighted by molar-refractivity contribution is 5.80. The average molecular weight is 171 g/mol. The second kappa shape index (κ2) is 3.28. The van der Waals surface area contributed by atoms with Gasteiger partial charge in [0.2, 0.25) is 5.96 Å². The number of hydrogen-bond acceptors (Lipinski definition) is 5. The van der Waals surface area contributed by atoms with E-state index in [1.807, 2.05) is 13.8 Å². The fraction of sp³-hybridized carbons (Fsp3) is 0.857. The molecule has 0 radical (unpaired) electrons. The predicted octanol–water partition coefficient (Wildman–Crippen LogP) is -1.14. The largest absolute Gasteiger partial charge is 0.353 e. The van der Waals surface area contributed by atoms with Gasteiger partial charge in [-0.3, -0.25) is 10.0 Å². The van der Waals surface area contributed by atoms with Crippen LogP contribution in [0.15, 0.2) is 4.99 Å². The Balaban J connectivity index is 2.32. The minimum atomic E-state index is -0.230. The van der Waals surface area contributed by atoms with Crippen LogP contribution in [0, 0.1) is 0 Å². The van der Waals surface area contributed by atoms with Crippen molar-refractivity contribution in [2.45, 2.75) is 19.4 Å². The molecule has 1 aliphatic heterocycles. The summed E-state index contributed by atoms with van der Waals surface area (Å²) in [7, 11) is 0. The molecular formula is C7H17N5. The van der Waals surface area contributed by atoms with Gasteiger partial charge >= 0.3 is 0 Å². The first kappa shape index (κ1) is 9.28. The molecule has 0 aromatic carbocycles. The van der Waals surface area contributed by atoms with Crippen molar-refractivity contribution in [2.75, 3.05) is 19.6 Å². The highest BCUT2D eigenvalue weighted by Gasteiger charge is 2.16. The van der Waals surface area contributed by atoms with E-state index in [1.165, 1.54) is 0 Å². The topological polar surface area (TPSA) is 79.7 Å². The summed E-state index contributed by atoms with van der Waals surface area (Å²) in [5, 5.41) is 4.70. The van der Waals surface area contributed by atoms with Gasteiger partial charge in [0.15, 0.2) is 0 Å². The maximum atomic E-state index is 5.78. The van der Waals surface area contributed by atoms with Crippen molar-refractivity contribution >= 4 is 5.96 Å². The first-order valence-corrected chi connectivity index (χ1v) is 4.08. The maximum absolute atomic E-state index is 5.78. The van der Waals surface area contributed by atoms with Gasteiger partial charge in [0, 0.05) is 12.1 Å². The molecule has 0 bridgehead atoms. The molecule has 5 N–H and O–H groups in total. The van der Waals surface area contributed by atoms with Crippen LogP contribution in [0.1, 0.15) is 13.8 Å². The lowest BCUT2D eigenvalue weighted by Gasteiger charge is -2.22.